The van der Waals surface area contributed by atoms with Gasteiger partial charge in [-0.15, -0.1) is 0 Å². The van der Waals surface area contributed by atoms with Gasteiger partial charge in [0, 0.05) is 20.1 Å². The van der Waals surface area contributed by atoms with E-state index in [1.54, 1.807) is 0 Å². The third-order valence-corrected chi connectivity index (χ3v) is 5.35. The zero-order chi connectivity index (χ0) is 17.8. The largest absolute Gasteiger partial charge is 0.352 e. The smallest absolute Gasteiger partial charge is 0.304 e. The Morgan fingerprint density at radius 1 is 1.17 bits per heavy atom. The van der Waals surface area contributed by atoms with Crippen LogP contribution >= 0.6 is 0 Å². The van der Waals surface area contributed by atoms with Gasteiger partial charge < -0.3 is 5.32 Å². The lowest BCUT2D eigenvalue weighted by Crippen LogP contribution is -2.48. The maximum absolute atomic E-state index is 13.1. The van der Waals surface area contributed by atoms with E-state index in [1.807, 2.05) is 20.8 Å². The molecule has 1 aromatic rings. The van der Waals surface area contributed by atoms with E-state index in [1.165, 1.54) is 26.2 Å². The minimum absolute atomic E-state index is 0.0837. The first-order valence-electron chi connectivity index (χ1n) is 7.30. The fourth-order valence-corrected chi connectivity index (χ4v) is 2.77. The maximum Gasteiger partial charge on any atom is 0.304 e. The Morgan fingerprint density at radius 2 is 1.70 bits per heavy atom. The van der Waals surface area contributed by atoms with E-state index in [-0.39, 0.29) is 24.2 Å². The van der Waals surface area contributed by atoms with Crippen LogP contribution in [0.4, 0.5) is 10.1 Å². The fourth-order valence-electron chi connectivity index (χ4n) is 1.71. The summed E-state index contributed by atoms with van der Waals surface area (Å²) in [5.41, 5.74) is 0.229. The first kappa shape index (κ1) is 19.4. The molecule has 0 spiro atoms. The molecule has 8 heteroatoms. The van der Waals surface area contributed by atoms with Crippen molar-refractivity contribution in [1.29, 1.82) is 0 Å². The first-order valence-corrected chi connectivity index (χ1v) is 8.70. The highest BCUT2D eigenvalue weighted by Gasteiger charge is 2.27. The molecule has 1 amide bonds. The number of anilines is 1. The monoisotopic (exact) mass is 345 g/mol. The van der Waals surface area contributed by atoms with Crippen LogP contribution in [0.5, 0.6) is 0 Å². The Labute approximate surface area is 137 Å². The molecule has 130 valence electrons. The average molecular weight is 345 g/mol. The number of rotatable bonds is 7. The second-order valence-corrected chi connectivity index (χ2v) is 7.94. The van der Waals surface area contributed by atoms with Crippen molar-refractivity contribution in [3.63, 3.8) is 0 Å². The molecule has 0 aliphatic carbocycles. The van der Waals surface area contributed by atoms with Crippen LogP contribution in [0.3, 0.4) is 0 Å². The molecule has 1 N–H and O–H groups in total. The van der Waals surface area contributed by atoms with Crippen LogP contribution in [0.15, 0.2) is 24.3 Å². The molecule has 0 aromatic heterocycles. The highest BCUT2D eigenvalue weighted by atomic mass is 32.2. The molecule has 0 unspecified atom stereocenters. The Kier molecular flexibility index (Phi) is 6.52. The summed E-state index contributed by atoms with van der Waals surface area (Å²) in [6.45, 7) is 5.40. The lowest BCUT2D eigenvalue weighted by molar-refractivity contribution is -0.120. The van der Waals surface area contributed by atoms with Crippen molar-refractivity contribution >= 4 is 21.8 Å². The number of carbonyl (C=O) groups is 1. The summed E-state index contributed by atoms with van der Waals surface area (Å²) in [5, 5.41) is 2.76. The topological polar surface area (TPSA) is 69.7 Å². The number of benzene rings is 1. The van der Waals surface area contributed by atoms with Crippen LogP contribution in [-0.2, 0) is 15.0 Å². The molecule has 1 aromatic carbocycles. The van der Waals surface area contributed by atoms with E-state index in [4.69, 9.17) is 0 Å². The molecular formula is C15H24FN3O3S. The molecule has 23 heavy (non-hydrogen) atoms. The van der Waals surface area contributed by atoms with Crippen LogP contribution in [-0.4, -0.2) is 45.3 Å². The normalized spacial score (nSPS) is 13.2. The molecule has 0 saturated carbocycles. The molecular weight excluding hydrogens is 321 g/mol. The minimum atomic E-state index is -3.87. The van der Waals surface area contributed by atoms with Gasteiger partial charge in [-0.1, -0.05) is 13.8 Å². The number of nitrogens with one attached hydrogen (secondary N) is 1. The van der Waals surface area contributed by atoms with Gasteiger partial charge in [0.2, 0.25) is 5.91 Å². The van der Waals surface area contributed by atoms with E-state index in [0.717, 1.165) is 20.7 Å². The number of hydrogen-bond donors (Lipinski definition) is 1. The third kappa shape index (κ3) is 5.18. The Morgan fingerprint density at radius 3 is 2.13 bits per heavy atom. The zero-order valence-electron chi connectivity index (χ0n) is 14.1. The lowest BCUT2D eigenvalue weighted by atomic mass is 10.1. The van der Waals surface area contributed by atoms with Crippen LogP contribution in [0.1, 0.15) is 20.8 Å². The minimum Gasteiger partial charge on any atom is -0.352 e. The van der Waals surface area contributed by atoms with Gasteiger partial charge in [0.15, 0.2) is 0 Å². The Bertz CT molecular complexity index is 630. The quantitative estimate of drug-likeness (QED) is 0.816. The molecule has 0 bridgehead atoms. The van der Waals surface area contributed by atoms with Crippen LogP contribution < -0.4 is 9.62 Å². The van der Waals surface area contributed by atoms with Crippen molar-refractivity contribution in [3.8, 4) is 0 Å². The highest BCUT2D eigenvalue weighted by Crippen LogP contribution is 2.19. The number of nitrogens with zero attached hydrogens (tertiary/aromatic N) is 2. The predicted molar refractivity (Wildman–Crippen MR) is 88.8 cm³/mol. The van der Waals surface area contributed by atoms with E-state index in [2.05, 4.69) is 5.32 Å². The van der Waals surface area contributed by atoms with Gasteiger partial charge in [0.25, 0.3) is 0 Å². The molecule has 6 nitrogen and oxygen atoms in total. The zero-order valence-corrected chi connectivity index (χ0v) is 14.9. The van der Waals surface area contributed by atoms with Crippen molar-refractivity contribution in [1.82, 2.24) is 9.62 Å². The summed E-state index contributed by atoms with van der Waals surface area (Å²) in [4.78, 5) is 12.2. The van der Waals surface area contributed by atoms with Crippen LogP contribution in [0, 0.1) is 11.7 Å². The predicted octanol–water partition coefficient (Wildman–Crippen LogP) is 1.60. The molecule has 1 rings (SSSR count). The Balaban J connectivity index is 3.06. The van der Waals surface area contributed by atoms with E-state index in [0.29, 0.717) is 0 Å². The summed E-state index contributed by atoms with van der Waals surface area (Å²) in [7, 11) is -1.12. The fraction of sp³-hybridized carbons (Fsp3) is 0.533. The van der Waals surface area contributed by atoms with Crippen molar-refractivity contribution in [2.45, 2.75) is 26.8 Å². The number of hydrogen-bond acceptors (Lipinski definition) is 3. The van der Waals surface area contributed by atoms with E-state index >= 15 is 0 Å². The second kappa shape index (κ2) is 7.74. The highest BCUT2D eigenvalue weighted by molar-refractivity contribution is 7.90. The van der Waals surface area contributed by atoms with Gasteiger partial charge >= 0.3 is 10.2 Å². The summed E-state index contributed by atoms with van der Waals surface area (Å²) in [6, 6.07) is 4.88. The number of carbonyl (C=O) groups excluding carboxylic acids is 1. The SMILES string of the molecule is CC(C)[C@@H](C)NC(=O)CN(c1ccc(F)cc1)S(=O)(=O)N(C)C. The molecule has 0 radical (unpaired) electrons. The van der Waals surface area contributed by atoms with Gasteiger partial charge in [-0.3, -0.25) is 4.79 Å². The maximum atomic E-state index is 13.1. The van der Waals surface area contributed by atoms with Crippen LogP contribution in [0.25, 0.3) is 0 Å². The van der Waals surface area contributed by atoms with Gasteiger partial charge in [-0.25, -0.2) is 8.70 Å². The molecule has 1 atom stereocenters. The van der Waals surface area contributed by atoms with Gasteiger partial charge in [0.05, 0.1) is 5.69 Å². The van der Waals surface area contributed by atoms with Gasteiger partial charge in [0.1, 0.15) is 12.4 Å². The average Bonchev–Trinajstić information content (AvgIpc) is 2.45. The molecule has 0 fully saturated rings. The number of amides is 1. The summed E-state index contributed by atoms with van der Waals surface area (Å²) in [5.74, 6) is -0.668. The summed E-state index contributed by atoms with van der Waals surface area (Å²) >= 11 is 0. The Hall–Kier alpha value is -1.67. The van der Waals surface area contributed by atoms with Crippen molar-refractivity contribution in [2.24, 2.45) is 5.92 Å². The van der Waals surface area contributed by atoms with Crippen molar-refractivity contribution in [2.75, 3.05) is 24.9 Å². The molecule has 0 saturated heterocycles. The second-order valence-electron chi connectivity index (χ2n) is 5.87. The van der Waals surface area contributed by atoms with Crippen LogP contribution in [0.2, 0.25) is 0 Å². The van der Waals surface area contributed by atoms with Crippen molar-refractivity contribution in [3.05, 3.63) is 30.1 Å². The van der Waals surface area contributed by atoms with Gasteiger partial charge in [-0.05, 0) is 37.1 Å². The molecule has 0 aliphatic rings. The van der Waals surface area contributed by atoms with E-state index in [9.17, 15) is 17.6 Å². The van der Waals surface area contributed by atoms with Crippen molar-refractivity contribution < 1.29 is 17.6 Å². The summed E-state index contributed by atoms with van der Waals surface area (Å²) < 4.78 is 39.9. The lowest BCUT2D eigenvalue weighted by Gasteiger charge is -2.28. The summed E-state index contributed by atoms with van der Waals surface area (Å²) in [6.07, 6.45) is 0. The molecule has 0 heterocycles. The van der Waals surface area contributed by atoms with Gasteiger partial charge in [-0.2, -0.15) is 12.7 Å². The first-order chi connectivity index (χ1) is 10.6. The standard InChI is InChI=1S/C15H24FN3O3S/c1-11(2)12(3)17-15(20)10-19(23(21,22)18(4)5)14-8-6-13(16)7-9-14/h6-9,11-12H,10H2,1-5H3,(H,17,20)/t12-/m1/s1. The van der Waals surface area contributed by atoms with E-state index < -0.39 is 21.9 Å². The third-order valence-electron chi connectivity index (χ3n) is 3.53. The number of halogens is 1. The molecule has 0 aliphatic heterocycles.